The summed E-state index contributed by atoms with van der Waals surface area (Å²) in [4.78, 5) is 29.6. The van der Waals surface area contributed by atoms with E-state index in [0.717, 1.165) is 40.1 Å². The topological polar surface area (TPSA) is 85.1 Å². The third kappa shape index (κ3) is 7.63. The van der Waals surface area contributed by atoms with Crippen LogP contribution in [0.15, 0.2) is 48.5 Å². The third-order valence-electron chi connectivity index (χ3n) is 5.73. The van der Waals surface area contributed by atoms with Crippen molar-refractivity contribution in [2.75, 3.05) is 5.32 Å². The second-order valence-electron chi connectivity index (χ2n) is 9.01. The highest BCUT2D eigenvalue weighted by Crippen LogP contribution is 2.33. The summed E-state index contributed by atoms with van der Waals surface area (Å²) in [6, 6.07) is 15.3. The number of pyridine rings is 1. The lowest BCUT2D eigenvalue weighted by Gasteiger charge is -2.21. The van der Waals surface area contributed by atoms with Gasteiger partial charge in [0.05, 0.1) is 6.42 Å². The highest BCUT2D eigenvalue weighted by Gasteiger charge is 2.21. The van der Waals surface area contributed by atoms with E-state index >= 15 is 0 Å². The molecule has 3 rings (SSSR count). The molecule has 1 heterocycles. The zero-order chi connectivity index (χ0) is 24.1. The van der Waals surface area contributed by atoms with Gasteiger partial charge >= 0.3 is 0 Å². The monoisotopic (exact) mass is 515 g/mol. The maximum absolute atomic E-state index is 13.1. The normalized spacial score (nSPS) is 10.4. The van der Waals surface area contributed by atoms with Gasteiger partial charge in [0.15, 0.2) is 5.78 Å². The predicted molar refractivity (Wildman–Crippen MR) is 149 cm³/mol. The largest absolute Gasteiger partial charge is 0.326 e. The number of hydrogen-bond acceptors (Lipinski definition) is 4. The lowest BCUT2D eigenvalue weighted by Crippen LogP contribution is -2.19. The van der Waals surface area contributed by atoms with Gasteiger partial charge in [-0.15, -0.1) is 24.8 Å². The first-order chi connectivity index (χ1) is 15.7. The van der Waals surface area contributed by atoms with Gasteiger partial charge in [0.1, 0.15) is 0 Å². The van der Waals surface area contributed by atoms with E-state index in [1.165, 1.54) is 12.5 Å². The first-order valence-corrected chi connectivity index (χ1v) is 11.4. The average molecular weight is 517 g/mol. The van der Waals surface area contributed by atoms with Crippen LogP contribution < -0.4 is 11.1 Å². The fraction of sp³-hybridized carbons (Fsp3) is 0.321. The number of halogens is 2. The molecule has 0 unspecified atom stereocenters. The minimum Gasteiger partial charge on any atom is -0.326 e. The summed E-state index contributed by atoms with van der Waals surface area (Å²) in [7, 11) is 0. The molecular weight excluding hydrogens is 481 g/mol. The van der Waals surface area contributed by atoms with Crippen molar-refractivity contribution in [1.29, 1.82) is 0 Å². The number of rotatable bonds is 8. The molecule has 0 aliphatic heterocycles. The van der Waals surface area contributed by atoms with Gasteiger partial charge in [-0.25, -0.2) is 0 Å². The number of hydrogen-bond donors (Lipinski definition) is 2. The van der Waals surface area contributed by atoms with Crippen molar-refractivity contribution in [3.8, 4) is 11.1 Å². The maximum atomic E-state index is 13.1. The van der Waals surface area contributed by atoms with Crippen molar-refractivity contribution in [3.05, 3.63) is 82.2 Å². The Morgan fingerprint density at radius 2 is 1.66 bits per heavy atom. The van der Waals surface area contributed by atoms with Crippen molar-refractivity contribution < 1.29 is 9.59 Å². The fourth-order valence-electron chi connectivity index (χ4n) is 4.09. The molecule has 3 N–H and O–H groups in total. The molecule has 0 aliphatic rings. The molecule has 2 aromatic carbocycles. The second kappa shape index (κ2) is 13.4. The van der Waals surface area contributed by atoms with Crippen LogP contribution in [0.25, 0.3) is 11.1 Å². The number of nitrogens with one attached hydrogen (secondary N) is 1. The molecule has 5 nitrogen and oxygen atoms in total. The third-order valence-corrected chi connectivity index (χ3v) is 5.73. The summed E-state index contributed by atoms with van der Waals surface area (Å²) >= 11 is 0. The molecule has 35 heavy (non-hydrogen) atoms. The van der Waals surface area contributed by atoms with Crippen LogP contribution in [0.5, 0.6) is 0 Å². The SMILES string of the molecule is CC(=O)c1cccc(NC(=O)Cc2c(C)nc(CC(C)C)c(CN)c2-c2ccc(C)cc2)c1.Cl.Cl. The maximum Gasteiger partial charge on any atom is 0.228 e. The Balaban J connectivity index is 0.00000306. The van der Waals surface area contributed by atoms with Gasteiger partial charge in [-0.2, -0.15) is 0 Å². The molecule has 1 amide bonds. The Hall–Kier alpha value is -2.73. The molecule has 0 fully saturated rings. The van der Waals surface area contributed by atoms with Gasteiger partial charge in [-0.3, -0.25) is 14.6 Å². The fourth-order valence-corrected chi connectivity index (χ4v) is 4.09. The molecule has 7 heteroatoms. The number of anilines is 1. The Morgan fingerprint density at radius 3 is 2.23 bits per heavy atom. The quantitative estimate of drug-likeness (QED) is 0.347. The molecule has 0 bridgehead atoms. The van der Waals surface area contributed by atoms with E-state index in [1.54, 1.807) is 24.3 Å². The average Bonchev–Trinajstić information content (AvgIpc) is 2.75. The molecule has 0 radical (unpaired) electrons. The molecule has 188 valence electrons. The highest BCUT2D eigenvalue weighted by molar-refractivity contribution is 5.98. The van der Waals surface area contributed by atoms with Crippen LogP contribution in [0.3, 0.4) is 0 Å². The molecule has 0 spiro atoms. The number of nitrogens with two attached hydrogens (primary N) is 1. The number of benzene rings is 2. The van der Waals surface area contributed by atoms with Crippen LogP contribution in [0.1, 0.15) is 59.2 Å². The summed E-state index contributed by atoms with van der Waals surface area (Å²) in [5.41, 5.74) is 14.3. The summed E-state index contributed by atoms with van der Waals surface area (Å²) in [5.74, 6) is 0.241. The van der Waals surface area contributed by atoms with Crippen LogP contribution in [-0.2, 0) is 24.2 Å². The van der Waals surface area contributed by atoms with Crippen LogP contribution in [0, 0.1) is 19.8 Å². The van der Waals surface area contributed by atoms with Crippen molar-refractivity contribution in [2.45, 2.75) is 54.0 Å². The molecule has 1 aromatic heterocycles. The number of nitrogens with zero attached hydrogens (tertiary/aromatic N) is 1. The van der Waals surface area contributed by atoms with E-state index in [1.807, 2.05) is 6.92 Å². The van der Waals surface area contributed by atoms with Gasteiger partial charge in [0.2, 0.25) is 5.91 Å². The molecular formula is C28H35Cl2N3O2. The number of aromatic nitrogens is 1. The minimum atomic E-state index is -0.159. The van der Waals surface area contributed by atoms with Gasteiger partial charge in [-0.05, 0) is 67.5 Å². The van der Waals surface area contributed by atoms with E-state index in [4.69, 9.17) is 10.7 Å². The highest BCUT2D eigenvalue weighted by atomic mass is 35.5. The molecule has 0 saturated carbocycles. The first-order valence-electron chi connectivity index (χ1n) is 11.4. The number of amides is 1. The smallest absolute Gasteiger partial charge is 0.228 e. The van der Waals surface area contributed by atoms with E-state index in [2.05, 4.69) is 50.4 Å². The van der Waals surface area contributed by atoms with Gasteiger partial charge < -0.3 is 11.1 Å². The number of carbonyl (C=O) groups is 2. The van der Waals surface area contributed by atoms with Gasteiger partial charge in [-0.1, -0.05) is 55.8 Å². The lowest BCUT2D eigenvalue weighted by atomic mass is 9.88. The first kappa shape index (κ1) is 30.3. The van der Waals surface area contributed by atoms with Crippen LogP contribution in [0.2, 0.25) is 0 Å². The minimum absolute atomic E-state index is 0. The van der Waals surface area contributed by atoms with Gasteiger partial charge in [0.25, 0.3) is 0 Å². The van der Waals surface area contributed by atoms with E-state index in [-0.39, 0.29) is 42.9 Å². The van der Waals surface area contributed by atoms with Crippen LogP contribution in [0.4, 0.5) is 5.69 Å². The molecule has 0 aliphatic carbocycles. The number of aryl methyl sites for hydroxylation is 2. The van der Waals surface area contributed by atoms with Crippen LogP contribution >= 0.6 is 24.8 Å². The zero-order valence-electron chi connectivity index (χ0n) is 21.0. The zero-order valence-corrected chi connectivity index (χ0v) is 22.6. The van der Waals surface area contributed by atoms with Crippen molar-refractivity contribution in [1.82, 2.24) is 4.98 Å². The summed E-state index contributed by atoms with van der Waals surface area (Å²) in [6.07, 6.45) is 0.998. The Labute approximate surface area is 220 Å². The lowest BCUT2D eigenvalue weighted by molar-refractivity contribution is -0.115. The Bertz CT molecular complexity index is 1180. The number of Topliss-reactive ketones (excluding diaryl/α,β-unsaturated/α-hetero) is 1. The standard InChI is InChI=1S/C28H33N3O2.2ClH/c1-17(2)13-26-25(16-29)28(21-11-9-18(3)10-12-21)24(19(4)30-26)15-27(33)31-23-8-6-7-22(14-23)20(5)32;;/h6-12,14,17H,13,15-16,29H2,1-5H3,(H,31,33);2*1H. The molecule has 3 aromatic rings. The van der Waals surface area contributed by atoms with Crippen molar-refractivity contribution in [3.63, 3.8) is 0 Å². The molecule has 0 atom stereocenters. The van der Waals surface area contributed by atoms with Gasteiger partial charge in [0, 0.05) is 29.2 Å². The number of carbonyl (C=O) groups excluding carboxylic acids is 2. The summed E-state index contributed by atoms with van der Waals surface area (Å²) in [6.45, 7) is 10.2. The summed E-state index contributed by atoms with van der Waals surface area (Å²) in [5, 5.41) is 2.93. The second-order valence-corrected chi connectivity index (χ2v) is 9.01. The molecule has 0 saturated heterocycles. The van der Waals surface area contributed by atoms with Crippen LogP contribution in [-0.4, -0.2) is 16.7 Å². The van der Waals surface area contributed by atoms with Crippen molar-refractivity contribution >= 4 is 42.2 Å². The Kier molecular flexibility index (Phi) is 11.6. The number of ketones is 1. The van der Waals surface area contributed by atoms with Crippen molar-refractivity contribution in [2.24, 2.45) is 11.7 Å². The van der Waals surface area contributed by atoms with E-state index in [9.17, 15) is 9.59 Å². The van der Waals surface area contributed by atoms with E-state index < -0.39 is 0 Å². The van der Waals surface area contributed by atoms with E-state index in [0.29, 0.717) is 23.7 Å². The predicted octanol–water partition coefficient (Wildman–Crippen LogP) is 6.25. The summed E-state index contributed by atoms with van der Waals surface area (Å²) < 4.78 is 0. The Morgan fingerprint density at radius 1 is 1.00 bits per heavy atom.